The van der Waals surface area contributed by atoms with Crippen LogP contribution in [0.5, 0.6) is 11.5 Å². The molecule has 0 saturated heterocycles. The number of hydrogen-bond acceptors (Lipinski definition) is 5. The topological polar surface area (TPSA) is 84.6 Å². The molecule has 0 aliphatic carbocycles. The van der Waals surface area contributed by atoms with Gasteiger partial charge in [-0.3, -0.25) is 0 Å². The summed E-state index contributed by atoms with van der Waals surface area (Å²) in [6.45, 7) is 0.643. The van der Waals surface area contributed by atoms with E-state index < -0.39 is 5.97 Å². The Bertz CT molecular complexity index is 632. The number of benzene rings is 2. The average molecular weight is 318 g/mol. The van der Waals surface area contributed by atoms with E-state index in [1.807, 2.05) is 24.3 Å². The molecule has 2 aromatic carbocycles. The van der Waals surface area contributed by atoms with Gasteiger partial charge in [-0.2, -0.15) is 12.6 Å². The number of nitrogens with two attached hydrogens (primary N) is 1. The van der Waals surface area contributed by atoms with Crippen LogP contribution >= 0.6 is 12.6 Å². The standard InChI is InChI=1S/C16H18N2O3S/c17-12(10-22)9-18-13-4-6-14(7-5-13)21-15-3-1-2-11(8-15)16(19)20/h1-8,12,18,22H,9-10,17H2,(H,19,20)/t12-/m1/s1. The van der Waals surface area contributed by atoms with Gasteiger partial charge in [0, 0.05) is 24.0 Å². The van der Waals surface area contributed by atoms with E-state index in [0.29, 0.717) is 23.8 Å². The Labute approximate surface area is 134 Å². The van der Waals surface area contributed by atoms with Crippen LogP contribution in [0.4, 0.5) is 5.69 Å². The Hall–Kier alpha value is -2.18. The second kappa shape index (κ2) is 7.72. The highest BCUT2D eigenvalue weighted by molar-refractivity contribution is 7.80. The van der Waals surface area contributed by atoms with Gasteiger partial charge in [-0.15, -0.1) is 0 Å². The lowest BCUT2D eigenvalue weighted by Gasteiger charge is -2.12. The van der Waals surface area contributed by atoms with Gasteiger partial charge in [0.05, 0.1) is 5.56 Å². The zero-order valence-electron chi connectivity index (χ0n) is 11.9. The summed E-state index contributed by atoms with van der Waals surface area (Å²) < 4.78 is 5.64. The molecule has 6 heteroatoms. The van der Waals surface area contributed by atoms with Crippen LogP contribution in [-0.4, -0.2) is 29.4 Å². The maximum absolute atomic E-state index is 10.9. The van der Waals surface area contributed by atoms with Crippen LogP contribution in [0.2, 0.25) is 0 Å². The molecule has 0 fully saturated rings. The van der Waals surface area contributed by atoms with Crippen molar-refractivity contribution in [3.05, 3.63) is 54.1 Å². The largest absolute Gasteiger partial charge is 0.478 e. The summed E-state index contributed by atoms with van der Waals surface area (Å²) in [5, 5.41) is 12.2. The molecule has 2 aromatic rings. The zero-order chi connectivity index (χ0) is 15.9. The van der Waals surface area contributed by atoms with Gasteiger partial charge in [0.25, 0.3) is 0 Å². The first-order valence-electron chi connectivity index (χ1n) is 6.80. The third-order valence-corrected chi connectivity index (χ3v) is 3.44. The molecular weight excluding hydrogens is 300 g/mol. The number of thiol groups is 1. The lowest BCUT2D eigenvalue weighted by Crippen LogP contribution is -2.30. The fourth-order valence-corrected chi connectivity index (χ4v) is 1.91. The lowest BCUT2D eigenvalue weighted by atomic mass is 10.2. The van der Waals surface area contributed by atoms with Gasteiger partial charge in [-0.05, 0) is 42.5 Å². The summed E-state index contributed by atoms with van der Waals surface area (Å²) in [5.74, 6) is 0.753. The van der Waals surface area contributed by atoms with E-state index >= 15 is 0 Å². The minimum atomic E-state index is -0.981. The molecule has 0 radical (unpaired) electrons. The maximum Gasteiger partial charge on any atom is 0.335 e. The predicted molar refractivity (Wildman–Crippen MR) is 90.2 cm³/mol. The van der Waals surface area contributed by atoms with Crippen LogP contribution in [0, 0.1) is 0 Å². The molecule has 0 aliphatic heterocycles. The third-order valence-electron chi connectivity index (χ3n) is 2.97. The van der Waals surface area contributed by atoms with E-state index in [1.165, 1.54) is 12.1 Å². The first kappa shape index (κ1) is 16.2. The summed E-state index contributed by atoms with van der Waals surface area (Å²) in [6, 6.07) is 13.7. The average Bonchev–Trinajstić information content (AvgIpc) is 2.54. The first-order valence-corrected chi connectivity index (χ1v) is 7.43. The summed E-state index contributed by atoms with van der Waals surface area (Å²) in [6.07, 6.45) is 0. The van der Waals surface area contributed by atoms with Crippen LogP contribution in [0.3, 0.4) is 0 Å². The number of carboxylic acids is 1. The molecule has 5 nitrogen and oxygen atoms in total. The molecule has 0 bridgehead atoms. The lowest BCUT2D eigenvalue weighted by molar-refractivity contribution is 0.0696. The number of ether oxygens (including phenoxy) is 1. The van der Waals surface area contributed by atoms with Crippen molar-refractivity contribution in [1.29, 1.82) is 0 Å². The van der Waals surface area contributed by atoms with Gasteiger partial charge in [-0.1, -0.05) is 6.07 Å². The Morgan fingerprint density at radius 1 is 1.23 bits per heavy atom. The molecule has 1 atom stereocenters. The molecule has 0 saturated carbocycles. The Balaban J connectivity index is 1.99. The monoisotopic (exact) mass is 318 g/mol. The normalized spacial score (nSPS) is 11.7. The minimum absolute atomic E-state index is 0.00183. The van der Waals surface area contributed by atoms with Crippen LogP contribution in [0.25, 0.3) is 0 Å². The van der Waals surface area contributed by atoms with Gasteiger partial charge in [0.2, 0.25) is 0 Å². The van der Waals surface area contributed by atoms with Gasteiger partial charge in [0.1, 0.15) is 11.5 Å². The van der Waals surface area contributed by atoms with E-state index in [9.17, 15) is 4.79 Å². The van der Waals surface area contributed by atoms with Crippen molar-refractivity contribution in [2.45, 2.75) is 6.04 Å². The van der Waals surface area contributed by atoms with Crippen LogP contribution in [0.15, 0.2) is 48.5 Å². The highest BCUT2D eigenvalue weighted by Gasteiger charge is 2.05. The van der Waals surface area contributed by atoms with Crippen LogP contribution in [0.1, 0.15) is 10.4 Å². The third kappa shape index (κ3) is 4.68. The Kier molecular flexibility index (Phi) is 5.68. The number of rotatable bonds is 7. The summed E-state index contributed by atoms with van der Waals surface area (Å²) in [5.41, 5.74) is 6.91. The smallest absolute Gasteiger partial charge is 0.335 e. The van der Waals surface area contributed by atoms with Crippen molar-refractivity contribution in [3.8, 4) is 11.5 Å². The summed E-state index contributed by atoms with van der Waals surface area (Å²) in [7, 11) is 0. The Morgan fingerprint density at radius 3 is 2.59 bits per heavy atom. The second-order valence-corrected chi connectivity index (χ2v) is 5.15. The minimum Gasteiger partial charge on any atom is -0.478 e. The first-order chi connectivity index (χ1) is 10.6. The zero-order valence-corrected chi connectivity index (χ0v) is 12.8. The van der Waals surface area contributed by atoms with E-state index in [2.05, 4.69) is 17.9 Å². The fraction of sp³-hybridized carbons (Fsp3) is 0.188. The van der Waals surface area contributed by atoms with Crippen molar-refractivity contribution < 1.29 is 14.6 Å². The molecule has 4 N–H and O–H groups in total. The van der Waals surface area contributed by atoms with Crippen molar-refractivity contribution >= 4 is 24.3 Å². The van der Waals surface area contributed by atoms with Crippen LogP contribution in [-0.2, 0) is 0 Å². The van der Waals surface area contributed by atoms with Crippen molar-refractivity contribution in [1.82, 2.24) is 0 Å². The molecule has 0 aliphatic rings. The molecule has 0 aromatic heterocycles. The number of carbonyl (C=O) groups is 1. The van der Waals surface area contributed by atoms with Gasteiger partial charge >= 0.3 is 5.97 Å². The van der Waals surface area contributed by atoms with E-state index in [-0.39, 0.29) is 11.6 Å². The number of hydrogen-bond donors (Lipinski definition) is 4. The SMILES string of the molecule is N[C@@H](CS)CNc1ccc(Oc2cccc(C(=O)O)c2)cc1. The number of aromatic carboxylic acids is 1. The van der Waals surface area contributed by atoms with E-state index in [0.717, 1.165) is 5.69 Å². The van der Waals surface area contributed by atoms with E-state index in [1.54, 1.807) is 12.1 Å². The number of anilines is 1. The maximum atomic E-state index is 10.9. The molecule has 0 heterocycles. The Morgan fingerprint density at radius 2 is 1.95 bits per heavy atom. The van der Waals surface area contributed by atoms with E-state index in [4.69, 9.17) is 15.6 Å². The van der Waals surface area contributed by atoms with Gasteiger partial charge in [-0.25, -0.2) is 4.79 Å². The number of carboxylic acid groups (broad SMARTS) is 1. The summed E-state index contributed by atoms with van der Waals surface area (Å²) >= 11 is 4.13. The molecule has 0 amide bonds. The summed E-state index contributed by atoms with van der Waals surface area (Å²) in [4.78, 5) is 10.9. The quantitative estimate of drug-likeness (QED) is 0.590. The fourth-order valence-electron chi connectivity index (χ4n) is 1.78. The molecule has 0 spiro atoms. The highest BCUT2D eigenvalue weighted by atomic mass is 32.1. The van der Waals surface area contributed by atoms with Gasteiger partial charge in [0.15, 0.2) is 0 Å². The van der Waals surface area contributed by atoms with Crippen LogP contribution < -0.4 is 15.8 Å². The van der Waals surface area contributed by atoms with Crippen molar-refractivity contribution in [3.63, 3.8) is 0 Å². The number of nitrogens with one attached hydrogen (secondary N) is 1. The highest BCUT2D eigenvalue weighted by Crippen LogP contribution is 2.23. The van der Waals surface area contributed by atoms with Crippen molar-refractivity contribution in [2.75, 3.05) is 17.6 Å². The molecule has 22 heavy (non-hydrogen) atoms. The molecule has 116 valence electrons. The molecule has 2 rings (SSSR count). The second-order valence-electron chi connectivity index (χ2n) is 4.78. The van der Waals surface area contributed by atoms with Gasteiger partial charge < -0.3 is 20.9 Å². The van der Waals surface area contributed by atoms with Crippen molar-refractivity contribution in [2.24, 2.45) is 5.73 Å². The predicted octanol–water partition coefficient (Wildman–Crippen LogP) is 2.85. The molecular formula is C16H18N2O3S. The molecule has 0 unspecified atom stereocenters.